The number of aromatic amines is 1. The molecule has 2 N–H and O–H groups in total. The van der Waals surface area contributed by atoms with E-state index in [1.807, 2.05) is 18.2 Å². The molecule has 0 aliphatic rings. The van der Waals surface area contributed by atoms with Gasteiger partial charge in [0.2, 0.25) is 0 Å². The molecule has 0 saturated carbocycles. The molecule has 6 nitrogen and oxygen atoms in total. The van der Waals surface area contributed by atoms with Crippen LogP contribution in [-0.4, -0.2) is 28.4 Å². The van der Waals surface area contributed by atoms with Gasteiger partial charge in [0.1, 0.15) is 5.75 Å². The number of nitrogens with zero attached hydrogens (tertiary/aromatic N) is 2. The summed E-state index contributed by atoms with van der Waals surface area (Å²) in [7, 11) is 1.57. The summed E-state index contributed by atoms with van der Waals surface area (Å²) in [6.07, 6.45) is 1.37. The van der Waals surface area contributed by atoms with E-state index < -0.39 is 0 Å². The summed E-state index contributed by atoms with van der Waals surface area (Å²) in [5.41, 5.74) is 1.94. The average Bonchev–Trinajstić information content (AvgIpc) is 2.91. The topological polar surface area (TPSA) is 79.9 Å². The second-order valence-corrected chi connectivity index (χ2v) is 5.47. The van der Waals surface area contributed by atoms with Crippen LogP contribution in [0.4, 0.5) is 5.69 Å². The number of anilines is 1. The van der Waals surface area contributed by atoms with E-state index in [4.69, 9.17) is 4.74 Å². The molecule has 0 atom stereocenters. The molecule has 2 aromatic rings. The number of rotatable bonds is 3. The van der Waals surface area contributed by atoms with Gasteiger partial charge in [0.25, 0.3) is 5.91 Å². The molecule has 2 rings (SSSR count). The maximum atomic E-state index is 12.0. The van der Waals surface area contributed by atoms with Gasteiger partial charge < -0.3 is 10.1 Å². The molecule has 1 heterocycles. The van der Waals surface area contributed by atoms with Gasteiger partial charge in [0.15, 0.2) is 5.69 Å². The molecule has 1 aromatic carbocycles. The maximum absolute atomic E-state index is 12.0. The Morgan fingerprint density at radius 3 is 2.65 bits per heavy atom. The summed E-state index contributed by atoms with van der Waals surface area (Å²) in [6, 6.07) is 5.75. The highest BCUT2D eigenvalue weighted by Crippen LogP contribution is 2.31. The van der Waals surface area contributed by atoms with E-state index in [1.165, 1.54) is 6.20 Å². The number of nitrogens with one attached hydrogen (secondary N) is 2. The van der Waals surface area contributed by atoms with Crippen molar-refractivity contribution >= 4 is 11.6 Å². The van der Waals surface area contributed by atoms with Gasteiger partial charge in [-0.3, -0.25) is 4.79 Å². The number of carbonyl (C=O) groups excluding carboxylic acids is 1. The van der Waals surface area contributed by atoms with E-state index in [-0.39, 0.29) is 17.0 Å². The highest BCUT2D eigenvalue weighted by molar-refractivity contribution is 6.03. The van der Waals surface area contributed by atoms with Crippen LogP contribution >= 0.6 is 0 Å². The largest absolute Gasteiger partial charge is 0.495 e. The van der Waals surface area contributed by atoms with E-state index in [9.17, 15) is 4.79 Å². The van der Waals surface area contributed by atoms with E-state index in [1.54, 1.807) is 7.11 Å². The number of H-pyrrole nitrogens is 1. The second-order valence-electron chi connectivity index (χ2n) is 5.47. The average molecular weight is 274 g/mol. The van der Waals surface area contributed by atoms with Gasteiger partial charge in [-0.2, -0.15) is 15.4 Å². The van der Waals surface area contributed by atoms with Gasteiger partial charge >= 0.3 is 0 Å². The summed E-state index contributed by atoms with van der Waals surface area (Å²) in [4.78, 5) is 12.0. The lowest BCUT2D eigenvalue weighted by molar-refractivity contribution is 0.102. The molecule has 0 unspecified atom stereocenters. The Labute approximate surface area is 117 Å². The smallest absolute Gasteiger partial charge is 0.277 e. The van der Waals surface area contributed by atoms with Crippen LogP contribution in [0.15, 0.2) is 24.4 Å². The number of amides is 1. The predicted molar refractivity (Wildman–Crippen MR) is 76.0 cm³/mol. The summed E-state index contributed by atoms with van der Waals surface area (Å²) in [5.74, 6) is 0.276. The van der Waals surface area contributed by atoms with Crippen LogP contribution in [0.5, 0.6) is 5.75 Å². The molecule has 0 aliphatic carbocycles. The Balaban J connectivity index is 2.32. The fraction of sp³-hybridized carbons (Fsp3) is 0.357. The fourth-order valence-corrected chi connectivity index (χ4v) is 1.77. The first-order valence-electron chi connectivity index (χ1n) is 6.27. The van der Waals surface area contributed by atoms with Crippen LogP contribution < -0.4 is 10.1 Å². The van der Waals surface area contributed by atoms with E-state index in [2.05, 4.69) is 41.5 Å². The van der Waals surface area contributed by atoms with Gasteiger partial charge in [0, 0.05) is 0 Å². The quantitative estimate of drug-likeness (QED) is 0.900. The zero-order chi connectivity index (χ0) is 14.8. The van der Waals surface area contributed by atoms with Crippen LogP contribution in [0.2, 0.25) is 0 Å². The number of methoxy groups -OCH3 is 1. The summed E-state index contributed by atoms with van der Waals surface area (Å²) < 4.78 is 5.27. The van der Waals surface area contributed by atoms with Gasteiger partial charge in [-0.15, -0.1) is 0 Å². The minimum absolute atomic E-state index is 0.0142. The number of aromatic nitrogens is 3. The maximum Gasteiger partial charge on any atom is 0.277 e. The summed E-state index contributed by atoms with van der Waals surface area (Å²) >= 11 is 0. The van der Waals surface area contributed by atoms with Gasteiger partial charge in [-0.25, -0.2) is 0 Å². The second kappa shape index (κ2) is 5.32. The Morgan fingerprint density at radius 2 is 2.10 bits per heavy atom. The zero-order valence-electron chi connectivity index (χ0n) is 12.0. The third kappa shape index (κ3) is 2.96. The summed E-state index contributed by atoms with van der Waals surface area (Å²) in [5, 5.41) is 12.6. The van der Waals surface area contributed by atoms with Crippen LogP contribution in [0.3, 0.4) is 0 Å². The Morgan fingerprint density at radius 1 is 1.35 bits per heavy atom. The summed E-state index contributed by atoms with van der Waals surface area (Å²) in [6.45, 7) is 6.33. The molecule has 1 aromatic heterocycles. The van der Waals surface area contributed by atoms with Crippen molar-refractivity contribution < 1.29 is 9.53 Å². The van der Waals surface area contributed by atoms with E-state index in [0.29, 0.717) is 11.4 Å². The Hall–Kier alpha value is -2.37. The normalized spacial score (nSPS) is 11.2. The minimum Gasteiger partial charge on any atom is -0.495 e. The Kier molecular flexibility index (Phi) is 3.74. The molecule has 1 amide bonds. The zero-order valence-corrected chi connectivity index (χ0v) is 12.0. The molecule has 0 radical (unpaired) electrons. The van der Waals surface area contributed by atoms with Gasteiger partial charge in [0.05, 0.1) is 19.0 Å². The molecule has 20 heavy (non-hydrogen) atoms. The SMILES string of the molecule is COc1ccc(C(C)(C)C)cc1NC(=O)c1cn[nH]n1. The molecule has 0 bridgehead atoms. The molecule has 0 saturated heterocycles. The Bertz CT molecular complexity index is 600. The number of hydrogen-bond acceptors (Lipinski definition) is 4. The first-order chi connectivity index (χ1) is 9.41. The minimum atomic E-state index is -0.330. The first-order valence-corrected chi connectivity index (χ1v) is 6.27. The van der Waals surface area contributed by atoms with Crippen LogP contribution in [-0.2, 0) is 5.41 Å². The number of ether oxygens (including phenoxy) is 1. The van der Waals surface area contributed by atoms with Crippen LogP contribution in [0.25, 0.3) is 0 Å². The standard InChI is InChI=1S/C14H18N4O2/c1-14(2,3)9-5-6-12(20-4)10(7-9)16-13(19)11-8-15-18-17-11/h5-8H,1-4H3,(H,16,19)(H,15,17,18). The molecular formula is C14H18N4O2. The van der Waals surface area contributed by atoms with E-state index >= 15 is 0 Å². The van der Waals surface area contributed by atoms with Crippen molar-refractivity contribution in [2.45, 2.75) is 26.2 Å². The third-order valence-corrected chi connectivity index (χ3v) is 2.96. The van der Waals surface area contributed by atoms with Gasteiger partial charge in [-0.05, 0) is 23.1 Å². The first kappa shape index (κ1) is 14.0. The van der Waals surface area contributed by atoms with Crippen LogP contribution in [0, 0.1) is 0 Å². The lowest BCUT2D eigenvalue weighted by Gasteiger charge is -2.21. The fourth-order valence-electron chi connectivity index (χ4n) is 1.77. The predicted octanol–water partition coefficient (Wildman–Crippen LogP) is 2.36. The monoisotopic (exact) mass is 274 g/mol. The van der Waals surface area contributed by atoms with Crippen LogP contribution in [0.1, 0.15) is 36.8 Å². The molecule has 106 valence electrons. The molecule has 0 fully saturated rings. The van der Waals surface area contributed by atoms with Crippen molar-refractivity contribution in [2.75, 3.05) is 12.4 Å². The van der Waals surface area contributed by atoms with Crippen molar-refractivity contribution in [3.05, 3.63) is 35.7 Å². The molecule has 0 spiro atoms. The van der Waals surface area contributed by atoms with Gasteiger partial charge in [-0.1, -0.05) is 26.8 Å². The third-order valence-electron chi connectivity index (χ3n) is 2.96. The van der Waals surface area contributed by atoms with Crippen molar-refractivity contribution in [1.82, 2.24) is 15.4 Å². The number of benzene rings is 1. The lowest BCUT2D eigenvalue weighted by Crippen LogP contribution is -2.15. The molecule has 0 aliphatic heterocycles. The lowest BCUT2D eigenvalue weighted by atomic mass is 9.87. The molecule has 6 heteroatoms. The van der Waals surface area contributed by atoms with Crippen molar-refractivity contribution in [3.63, 3.8) is 0 Å². The molecular weight excluding hydrogens is 256 g/mol. The van der Waals surface area contributed by atoms with E-state index in [0.717, 1.165) is 5.56 Å². The van der Waals surface area contributed by atoms with Crippen molar-refractivity contribution in [2.24, 2.45) is 0 Å². The highest BCUT2D eigenvalue weighted by Gasteiger charge is 2.18. The van der Waals surface area contributed by atoms with Crippen molar-refractivity contribution in [1.29, 1.82) is 0 Å². The highest BCUT2D eigenvalue weighted by atomic mass is 16.5. The number of hydrogen-bond donors (Lipinski definition) is 2. The van der Waals surface area contributed by atoms with Crippen molar-refractivity contribution in [3.8, 4) is 5.75 Å². The number of carbonyl (C=O) groups is 1.